The number of nitriles is 1. The van der Waals surface area contributed by atoms with Crippen LogP contribution in [0.15, 0.2) is 41.7 Å². The van der Waals surface area contributed by atoms with Gasteiger partial charge in [-0.15, -0.1) is 0 Å². The van der Waals surface area contributed by atoms with E-state index in [1.165, 1.54) is 12.5 Å². The molecule has 0 aliphatic carbocycles. The molecular formula is C19H17F2N7O. The van der Waals surface area contributed by atoms with Gasteiger partial charge in [0, 0.05) is 31.9 Å². The third-order valence-corrected chi connectivity index (χ3v) is 4.87. The second kappa shape index (κ2) is 7.79. The van der Waals surface area contributed by atoms with Crippen molar-refractivity contribution in [2.75, 3.05) is 36.0 Å². The summed E-state index contributed by atoms with van der Waals surface area (Å²) in [4.78, 5) is 29.1. The number of hydrogen-bond acceptors (Lipinski definition) is 7. The number of anilines is 2. The van der Waals surface area contributed by atoms with Gasteiger partial charge in [-0.25, -0.2) is 23.7 Å². The number of nitrogens with zero attached hydrogens (tertiary/aromatic N) is 7. The zero-order chi connectivity index (χ0) is 20.4. The molecule has 0 amide bonds. The molecule has 1 fully saturated rings. The highest BCUT2D eigenvalue weighted by atomic mass is 19.3. The Morgan fingerprint density at radius 3 is 2.48 bits per heavy atom. The van der Waals surface area contributed by atoms with Crippen molar-refractivity contribution < 1.29 is 8.78 Å². The summed E-state index contributed by atoms with van der Waals surface area (Å²) in [5.74, 6) is 0.725. The molecule has 0 unspecified atom stereocenters. The molecule has 1 aromatic carbocycles. The van der Waals surface area contributed by atoms with Crippen LogP contribution in [0.1, 0.15) is 5.69 Å². The fourth-order valence-corrected chi connectivity index (χ4v) is 3.36. The van der Waals surface area contributed by atoms with Gasteiger partial charge in [0.25, 0.3) is 12.0 Å². The fraction of sp³-hybridized carbons (Fsp3) is 0.316. The normalized spacial score (nSPS) is 14.4. The Morgan fingerprint density at radius 1 is 1.07 bits per heavy atom. The first-order valence-corrected chi connectivity index (χ1v) is 9.04. The van der Waals surface area contributed by atoms with E-state index in [0.717, 1.165) is 42.3 Å². The minimum absolute atomic E-state index is 0.281. The summed E-state index contributed by atoms with van der Waals surface area (Å²) in [5.41, 5.74) is 1.22. The van der Waals surface area contributed by atoms with Crippen LogP contribution in [0.3, 0.4) is 0 Å². The molecule has 29 heavy (non-hydrogen) atoms. The van der Waals surface area contributed by atoms with Crippen molar-refractivity contribution in [3.63, 3.8) is 0 Å². The molecule has 4 rings (SSSR count). The standard InChI is InChI=1S/C19H17F2N7O/c20-17(21)11-28-12-25-16-7-14(1-2-15(16)19(28)29)26-3-5-27(6-4-26)18-10-23-13(8-22)9-24-18/h1-2,7,9-10,12,17H,3-6,11H2. The zero-order valence-electron chi connectivity index (χ0n) is 15.4. The van der Waals surface area contributed by atoms with Crippen LogP contribution in [-0.2, 0) is 6.54 Å². The van der Waals surface area contributed by atoms with Crippen molar-refractivity contribution in [2.24, 2.45) is 0 Å². The van der Waals surface area contributed by atoms with E-state index < -0.39 is 18.5 Å². The third kappa shape index (κ3) is 3.85. The number of fused-ring (bicyclic) bond motifs is 1. The van der Waals surface area contributed by atoms with E-state index in [-0.39, 0.29) is 5.69 Å². The Bertz CT molecular complexity index is 1120. The van der Waals surface area contributed by atoms with E-state index >= 15 is 0 Å². The van der Waals surface area contributed by atoms with Crippen LogP contribution >= 0.6 is 0 Å². The van der Waals surface area contributed by atoms with Crippen molar-refractivity contribution in [1.29, 1.82) is 5.26 Å². The molecule has 1 saturated heterocycles. The first-order chi connectivity index (χ1) is 14.0. The summed E-state index contributed by atoms with van der Waals surface area (Å²) >= 11 is 0. The lowest BCUT2D eigenvalue weighted by molar-refractivity contribution is 0.125. The van der Waals surface area contributed by atoms with Crippen molar-refractivity contribution in [1.82, 2.24) is 19.5 Å². The summed E-state index contributed by atoms with van der Waals surface area (Å²) in [6.45, 7) is 2.25. The van der Waals surface area contributed by atoms with Gasteiger partial charge in [0.1, 0.15) is 11.9 Å². The summed E-state index contributed by atoms with van der Waals surface area (Å²) in [6, 6.07) is 7.21. The van der Waals surface area contributed by atoms with Gasteiger partial charge in [-0.2, -0.15) is 5.26 Å². The highest BCUT2D eigenvalue weighted by molar-refractivity contribution is 5.81. The van der Waals surface area contributed by atoms with Crippen LogP contribution in [0.2, 0.25) is 0 Å². The number of benzene rings is 1. The minimum Gasteiger partial charge on any atom is -0.368 e. The minimum atomic E-state index is -2.61. The maximum atomic E-state index is 12.6. The van der Waals surface area contributed by atoms with E-state index in [2.05, 4.69) is 24.8 Å². The topological polar surface area (TPSA) is 90.9 Å². The summed E-state index contributed by atoms with van der Waals surface area (Å²) in [5, 5.41) is 9.14. The largest absolute Gasteiger partial charge is 0.368 e. The van der Waals surface area contributed by atoms with Gasteiger partial charge in [0.2, 0.25) is 0 Å². The van der Waals surface area contributed by atoms with Crippen LogP contribution in [0, 0.1) is 11.3 Å². The SMILES string of the molecule is N#Cc1cnc(N2CCN(c3ccc4c(=O)n(CC(F)F)cnc4c3)CC2)cn1. The Kier molecular flexibility index (Phi) is 5.03. The lowest BCUT2D eigenvalue weighted by Gasteiger charge is -2.36. The number of piperazine rings is 1. The average Bonchev–Trinajstić information content (AvgIpc) is 2.75. The summed E-state index contributed by atoms with van der Waals surface area (Å²) in [7, 11) is 0. The van der Waals surface area contributed by atoms with Gasteiger partial charge in [-0.05, 0) is 18.2 Å². The van der Waals surface area contributed by atoms with E-state index in [1.54, 1.807) is 18.3 Å². The quantitative estimate of drug-likeness (QED) is 0.661. The van der Waals surface area contributed by atoms with Gasteiger partial charge in [0.05, 0.1) is 36.2 Å². The van der Waals surface area contributed by atoms with Crippen molar-refractivity contribution in [3.8, 4) is 6.07 Å². The van der Waals surface area contributed by atoms with E-state index in [4.69, 9.17) is 5.26 Å². The maximum absolute atomic E-state index is 12.6. The molecule has 148 valence electrons. The van der Waals surface area contributed by atoms with Gasteiger partial charge in [0.15, 0.2) is 5.69 Å². The van der Waals surface area contributed by atoms with E-state index in [9.17, 15) is 13.6 Å². The van der Waals surface area contributed by atoms with Crippen molar-refractivity contribution >= 4 is 22.4 Å². The molecule has 1 aliphatic rings. The second-order valence-electron chi connectivity index (χ2n) is 6.64. The number of rotatable bonds is 4. The maximum Gasteiger partial charge on any atom is 0.261 e. The van der Waals surface area contributed by atoms with Gasteiger partial charge in [-0.3, -0.25) is 9.36 Å². The molecule has 10 heteroatoms. The average molecular weight is 397 g/mol. The molecule has 8 nitrogen and oxygen atoms in total. The van der Waals surface area contributed by atoms with Gasteiger partial charge in [-0.1, -0.05) is 0 Å². The lowest BCUT2D eigenvalue weighted by atomic mass is 10.2. The predicted octanol–water partition coefficient (Wildman–Crippen LogP) is 1.65. The monoisotopic (exact) mass is 397 g/mol. The lowest BCUT2D eigenvalue weighted by Crippen LogP contribution is -2.46. The number of aromatic nitrogens is 4. The fourth-order valence-electron chi connectivity index (χ4n) is 3.36. The molecule has 0 atom stereocenters. The Morgan fingerprint density at radius 2 is 1.83 bits per heavy atom. The molecule has 3 heterocycles. The Labute approximate surface area is 164 Å². The molecule has 0 N–H and O–H groups in total. The van der Waals surface area contributed by atoms with Gasteiger partial charge < -0.3 is 9.80 Å². The van der Waals surface area contributed by atoms with Crippen molar-refractivity contribution in [3.05, 3.63) is 53.0 Å². The van der Waals surface area contributed by atoms with E-state index in [0.29, 0.717) is 10.9 Å². The van der Waals surface area contributed by atoms with Crippen LogP contribution in [0.25, 0.3) is 10.9 Å². The molecule has 0 radical (unpaired) electrons. The third-order valence-electron chi connectivity index (χ3n) is 4.87. The number of alkyl halides is 2. The second-order valence-corrected chi connectivity index (χ2v) is 6.64. The summed E-state index contributed by atoms with van der Waals surface area (Å²) < 4.78 is 26.1. The Hall–Kier alpha value is -3.61. The van der Waals surface area contributed by atoms with Crippen LogP contribution in [-0.4, -0.2) is 52.1 Å². The first kappa shape index (κ1) is 18.7. The van der Waals surface area contributed by atoms with E-state index in [1.807, 2.05) is 12.1 Å². The smallest absolute Gasteiger partial charge is 0.261 e. The zero-order valence-corrected chi connectivity index (χ0v) is 15.4. The number of hydrogen-bond donors (Lipinski definition) is 0. The van der Waals surface area contributed by atoms with Crippen molar-refractivity contribution in [2.45, 2.75) is 13.0 Å². The van der Waals surface area contributed by atoms with Crippen LogP contribution in [0.4, 0.5) is 20.3 Å². The molecular weight excluding hydrogens is 380 g/mol. The van der Waals surface area contributed by atoms with Crippen LogP contribution in [0.5, 0.6) is 0 Å². The molecule has 0 spiro atoms. The predicted molar refractivity (Wildman–Crippen MR) is 103 cm³/mol. The summed E-state index contributed by atoms with van der Waals surface area (Å²) in [6.07, 6.45) is 1.61. The molecule has 1 aliphatic heterocycles. The molecule has 0 bridgehead atoms. The Balaban J connectivity index is 1.49. The molecule has 3 aromatic rings. The van der Waals surface area contributed by atoms with Crippen LogP contribution < -0.4 is 15.4 Å². The van der Waals surface area contributed by atoms with Gasteiger partial charge >= 0.3 is 0 Å². The number of halogens is 2. The highest BCUT2D eigenvalue weighted by Gasteiger charge is 2.19. The molecule has 0 saturated carbocycles. The first-order valence-electron chi connectivity index (χ1n) is 9.04. The molecule has 2 aromatic heterocycles. The highest BCUT2D eigenvalue weighted by Crippen LogP contribution is 2.22.